The number of hydrogen-bond donors (Lipinski definition) is 0. The van der Waals surface area contributed by atoms with Gasteiger partial charge in [-0.2, -0.15) is 0 Å². The minimum absolute atomic E-state index is 1.16. The Balaban J connectivity index is 1.03. The predicted molar refractivity (Wildman–Crippen MR) is 240 cm³/mol. The molecular formula is C54H35N3. The molecule has 0 aliphatic rings. The molecule has 3 heterocycles. The summed E-state index contributed by atoms with van der Waals surface area (Å²) < 4.78 is 7.22. The zero-order valence-electron chi connectivity index (χ0n) is 31.0. The lowest BCUT2D eigenvalue weighted by Gasteiger charge is -2.11. The molecular weight excluding hydrogens is 691 g/mol. The number of hydrogen-bond acceptors (Lipinski definition) is 0. The number of aromatic nitrogens is 3. The molecule has 12 aromatic rings. The maximum atomic E-state index is 2.43. The summed E-state index contributed by atoms with van der Waals surface area (Å²) >= 11 is 0. The molecule has 0 aliphatic carbocycles. The van der Waals surface area contributed by atoms with Crippen LogP contribution >= 0.6 is 0 Å². The molecule has 0 bridgehead atoms. The van der Waals surface area contributed by atoms with Crippen LogP contribution in [0.3, 0.4) is 0 Å². The second-order valence-corrected chi connectivity index (χ2v) is 15.0. The molecule has 0 saturated heterocycles. The van der Waals surface area contributed by atoms with Crippen molar-refractivity contribution in [3.63, 3.8) is 0 Å². The average molecular weight is 726 g/mol. The summed E-state index contributed by atoms with van der Waals surface area (Å²) in [4.78, 5) is 0. The summed E-state index contributed by atoms with van der Waals surface area (Å²) in [6, 6.07) is 77.4. The van der Waals surface area contributed by atoms with E-state index in [1.54, 1.807) is 0 Å². The molecule has 0 unspecified atom stereocenters. The van der Waals surface area contributed by atoms with Gasteiger partial charge in [-0.1, -0.05) is 127 Å². The first kappa shape index (κ1) is 31.7. The lowest BCUT2D eigenvalue weighted by molar-refractivity contribution is 1.17. The van der Waals surface area contributed by atoms with Gasteiger partial charge in [-0.15, -0.1) is 0 Å². The Labute approximate surface area is 329 Å². The maximum absolute atomic E-state index is 2.43. The molecule has 0 atom stereocenters. The molecule has 0 fully saturated rings. The largest absolute Gasteiger partial charge is 0.309 e. The molecule has 0 radical (unpaired) electrons. The van der Waals surface area contributed by atoms with E-state index in [1.807, 2.05) is 0 Å². The summed E-state index contributed by atoms with van der Waals surface area (Å²) in [5, 5.41) is 7.48. The van der Waals surface area contributed by atoms with Gasteiger partial charge in [-0.25, -0.2) is 0 Å². The number of para-hydroxylation sites is 4. The molecule has 0 saturated carbocycles. The second kappa shape index (κ2) is 12.5. The van der Waals surface area contributed by atoms with Crippen LogP contribution in [-0.4, -0.2) is 13.7 Å². The van der Waals surface area contributed by atoms with Crippen molar-refractivity contribution in [3.05, 3.63) is 212 Å². The van der Waals surface area contributed by atoms with Crippen LogP contribution in [0.2, 0.25) is 0 Å². The van der Waals surface area contributed by atoms with Gasteiger partial charge < -0.3 is 13.7 Å². The molecule has 3 heteroatoms. The summed E-state index contributed by atoms with van der Waals surface area (Å²) in [6.45, 7) is 0. The highest BCUT2D eigenvalue weighted by Gasteiger charge is 2.18. The third-order valence-corrected chi connectivity index (χ3v) is 11.8. The van der Waals surface area contributed by atoms with Gasteiger partial charge in [0.1, 0.15) is 0 Å². The van der Waals surface area contributed by atoms with E-state index >= 15 is 0 Å². The molecule has 3 nitrogen and oxygen atoms in total. The number of benzene rings is 9. The van der Waals surface area contributed by atoms with Crippen LogP contribution in [0.5, 0.6) is 0 Å². The van der Waals surface area contributed by atoms with Crippen molar-refractivity contribution < 1.29 is 0 Å². The van der Waals surface area contributed by atoms with Crippen molar-refractivity contribution in [1.82, 2.24) is 13.7 Å². The number of nitrogens with zero attached hydrogens (tertiary/aromatic N) is 3. The van der Waals surface area contributed by atoms with E-state index in [-0.39, 0.29) is 0 Å². The molecule has 3 aromatic heterocycles. The van der Waals surface area contributed by atoms with E-state index in [1.165, 1.54) is 93.4 Å². The van der Waals surface area contributed by atoms with Crippen LogP contribution in [-0.2, 0) is 0 Å². The quantitative estimate of drug-likeness (QED) is 0.168. The van der Waals surface area contributed by atoms with Gasteiger partial charge in [0.25, 0.3) is 0 Å². The molecule has 266 valence electrons. The Hall–Kier alpha value is -7.62. The normalized spacial score (nSPS) is 11.9. The first-order valence-electron chi connectivity index (χ1n) is 19.6. The van der Waals surface area contributed by atoms with E-state index in [0.29, 0.717) is 0 Å². The molecule has 12 rings (SSSR count). The molecule has 9 aromatic carbocycles. The minimum Gasteiger partial charge on any atom is -0.309 e. The van der Waals surface area contributed by atoms with Crippen LogP contribution in [0.1, 0.15) is 0 Å². The van der Waals surface area contributed by atoms with E-state index < -0.39 is 0 Å². The molecule has 0 amide bonds. The lowest BCUT2D eigenvalue weighted by atomic mass is 9.99. The highest BCUT2D eigenvalue weighted by Crippen LogP contribution is 2.40. The van der Waals surface area contributed by atoms with Gasteiger partial charge in [0.05, 0.1) is 33.1 Å². The highest BCUT2D eigenvalue weighted by molar-refractivity contribution is 6.14. The van der Waals surface area contributed by atoms with Crippen molar-refractivity contribution >= 4 is 65.4 Å². The Morgan fingerprint density at radius 2 is 0.579 bits per heavy atom. The van der Waals surface area contributed by atoms with E-state index in [4.69, 9.17) is 0 Å². The maximum Gasteiger partial charge on any atom is 0.0547 e. The SMILES string of the molecule is c1ccc(-c2ccc3c4cc(-c5ccc6c(c5)c5ccccc5n6-c5ccc6c(c5)c5ccccc5n6-c5ccccc5)ccc4n(-c4ccccc4)c3c2)cc1. The Kier molecular flexibility index (Phi) is 6.93. The van der Waals surface area contributed by atoms with E-state index in [0.717, 1.165) is 11.4 Å². The van der Waals surface area contributed by atoms with Gasteiger partial charge in [-0.3, -0.25) is 0 Å². The lowest BCUT2D eigenvalue weighted by Crippen LogP contribution is -1.95. The van der Waals surface area contributed by atoms with Crippen molar-refractivity contribution in [2.24, 2.45) is 0 Å². The van der Waals surface area contributed by atoms with Gasteiger partial charge in [0, 0.05) is 49.4 Å². The topological polar surface area (TPSA) is 14.8 Å². The van der Waals surface area contributed by atoms with Gasteiger partial charge in [0.15, 0.2) is 0 Å². The molecule has 57 heavy (non-hydrogen) atoms. The standard InChI is InChI=1S/C54H35N3/c1-4-14-36(15-5-1)39-24-28-45-47-33-38(25-29-51(47)56(54(45)34-39)41-18-8-3-9-19-41)37-26-30-52-46(32-37)43-20-10-13-23-50(43)57(52)42-27-31-53-48(35-42)44-21-11-12-22-49(44)55(53)40-16-6-2-7-17-40/h1-35H. The Morgan fingerprint density at radius 3 is 1.16 bits per heavy atom. The molecule has 0 spiro atoms. The van der Waals surface area contributed by atoms with Crippen molar-refractivity contribution in [1.29, 1.82) is 0 Å². The predicted octanol–water partition coefficient (Wildman–Crippen LogP) is 14.3. The van der Waals surface area contributed by atoms with Gasteiger partial charge in [0.2, 0.25) is 0 Å². The first-order valence-corrected chi connectivity index (χ1v) is 19.6. The fraction of sp³-hybridized carbons (Fsp3) is 0. The molecule has 0 N–H and O–H groups in total. The van der Waals surface area contributed by atoms with Crippen LogP contribution in [0, 0.1) is 0 Å². The Morgan fingerprint density at radius 1 is 0.193 bits per heavy atom. The summed E-state index contributed by atoms with van der Waals surface area (Å²) in [5.74, 6) is 0. The second-order valence-electron chi connectivity index (χ2n) is 15.0. The number of fused-ring (bicyclic) bond motifs is 9. The van der Waals surface area contributed by atoms with Crippen LogP contribution in [0.4, 0.5) is 0 Å². The van der Waals surface area contributed by atoms with Gasteiger partial charge >= 0.3 is 0 Å². The van der Waals surface area contributed by atoms with E-state index in [9.17, 15) is 0 Å². The smallest absolute Gasteiger partial charge is 0.0547 e. The Bertz CT molecular complexity index is 3500. The molecule has 0 aliphatic heterocycles. The fourth-order valence-electron chi connectivity index (χ4n) is 9.25. The number of rotatable bonds is 5. The summed E-state index contributed by atoms with van der Waals surface area (Å²) in [5.41, 5.74) is 15.5. The highest BCUT2D eigenvalue weighted by atomic mass is 15.0. The fourth-order valence-corrected chi connectivity index (χ4v) is 9.25. The average Bonchev–Trinajstić information content (AvgIpc) is 3.92. The van der Waals surface area contributed by atoms with Crippen LogP contribution < -0.4 is 0 Å². The monoisotopic (exact) mass is 725 g/mol. The summed E-state index contributed by atoms with van der Waals surface area (Å²) in [6.07, 6.45) is 0. The third kappa shape index (κ3) is 4.86. The minimum atomic E-state index is 1.16. The third-order valence-electron chi connectivity index (χ3n) is 11.8. The van der Waals surface area contributed by atoms with Crippen molar-refractivity contribution in [3.8, 4) is 39.3 Å². The first-order chi connectivity index (χ1) is 28.3. The van der Waals surface area contributed by atoms with E-state index in [2.05, 4.69) is 226 Å². The van der Waals surface area contributed by atoms with Crippen molar-refractivity contribution in [2.75, 3.05) is 0 Å². The zero-order chi connectivity index (χ0) is 37.5. The van der Waals surface area contributed by atoms with Crippen LogP contribution in [0.25, 0.3) is 105 Å². The van der Waals surface area contributed by atoms with Gasteiger partial charge in [-0.05, 0) is 107 Å². The summed E-state index contributed by atoms with van der Waals surface area (Å²) in [7, 11) is 0. The zero-order valence-corrected chi connectivity index (χ0v) is 31.0. The van der Waals surface area contributed by atoms with Crippen LogP contribution in [0.15, 0.2) is 212 Å². The van der Waals surface area contributed by atoms with Crippen molar-refractivity contribution in [2.45, 2.75) is 0 Å².